The first kappa shape index (κ1) is 21.3. The van der Waals surface area contributed by atoms with Gasteiger partial charge in [0, 0.05) is 67.7 Å². The molecule has 8 bridgehead atoms. The molecule has 1 aliphatic rings. The fraction of sp³-hybridized carbons (Fsp3) is 0.0312. The standard InChI is InChI=1S/C32H25N5/c1-20-2-4-21(5-3-20)31-27-10-6-23(34-27)18-25-8-12-29(36-25)32(22-14-16-33-17-15-22)30-13-9-26(37-30)19-24-7-11-28(31)35-24/h2-19,34-37H,1H3. The Morgan fingerprint density at radius 2 is 1.00 bits per heavy atom. The van der Waals surface area contributed by atoms with Crippen molar-refractivity contribution in [3.05, 3.63) is 158 Å². The number of fused-ring (bicyclic) bond motifs is 8. The van der Waals surface area contributed by atoms with E-state index in [9.17, 15) is 0 Å². The van der Waals surface area contributed by atoms with Crippen molar-refractivity contribution in [3.63, 3.8) is 0 Å². The van der Waals surface area contributed by atoms with Gasteiger partial charge in [0.05, 0.1) is 0 Å². The zero-order valence-electron chi connectivity index (χ0n) is 20.3. The normalized spacial score (nSPS) is 12.8. The molecular formula is C32H25N5. The topological polar surface area (TPSA) is 76.0 Å². The highest BCUT2D eigenvalue weighted by molar-refractivity contribution is 5.79. The molecule has 0 aliphatic carbocycles. The van der Waals surface area contributed by atoms with E-state index in [1.807, 2.05) is 24.5 Å². The molecule has 0 atom stereocenters. The zero-order chi connectivity index (χ0) is 24.8. The monoisotopic (exact) mass is 479 g/mol. The Labute approximate surface area is 213 Å². The lowest BCUT2D eigenvalue weighted by atomic mass is 10.0. The third-order valence-electron chi connectivity index (χ3n) is 6.84. The van der Waals surface area contributed by atoms with E-state index in [0.717, 1.165) is 66.4 Å². The van der Waals surface area contributed by atoms with Crippen molar-refractivity contribution in [2.24, 2.45) is 0 Å². The van der Waals surface area contributed by atoms with Crippen LogP contribution in [-0.2, 0) is 0 Å². The smallest absolute Gasteiger partial charge is 0.0485 e. The minimum absolute atomic E-state index is 1.03. The first-order valence-corrected chi connectivity index (χ1v) is 12.4. The summed E-state index contributed by atoms with van der Waals surface area (Å²) in [6.45, 7) is 2.11. The van der Waals surface area contributed by atoms with Gasteiger partial charge in [0.15, 0.2) is 0 Å². The molecule has 1 aliphatic heterocycles. The lowest BCUT2D eigenvalue weighted by Crippen LogP contribution is -2.15. The van der Waals surface area contributed by atoms with Crippen LogP contribution in [-0.4, -0.2) is 24.9 Å². The number of hydrogen-bond donors (Lipinski definition) is 4. The van der Waals surface area contributed by atoms with Crippen LogP contribution in [0.15, 0.2) is 97.3 Å². The number of hydrogen-bond acceptors (Lipinski definition) is 1. The van der Waals surface area contributed by atoms with E-state index in [1.165, 1.54) is 5.56 Å². The second kappa shape index (κ2) is 8.57. The quantitative estimate of drug-likeness (QED) is 0.302. The van der Waals surface area contributed by atoms with Crippen LogP contribution in [0.3, 0.4) is 0 Å². The van der Waals surface area contributed by atoms with Gasteiger partial charge in [0.1, 0.15) is 0 Å². The largest absolute Gasteiger partial charge is 0.355 e. The van der Waals surface area contributed by atoms with Gasteiger partial charge in [-0.1, -0.05) is 29.8 Å². The van der Waals surface area contributed by atoms with E-state index in [2.05, 4.69) is 117 Å². The third-order valence-corrected chi connectivity index (χ3v) is 6.84. The van der Waals surface area contributed by atoms with E-state index < -0.39 is 0 Å². The van der Waals surface area contributed by atoms with Crippen LogP contribution < -0.4 is 21.4 Å². The summed E-state index contributed by atoms with van der Waals surface area (Å²) in [5.41, 5.74) is 9.90. The summed E-state index contributed by atoms with van der Waals surface area (Å²) in [5, 5.41) is 4.16. The lowest BCUT2D eigenvalue weighted by molar-refractivity contribution is 1.20. The predicted molar refractivity (Wildman–Crippen MR) is 147 cm³/mol. The highest BCUT2D eigenvalue weighted by atomic mass is 14.8. The number of aromatic amines is 4. The van der Waals surface area contributed by atoms with Crippen LogP contribution in [0.2, 0.25) is 0 Å². The molecule has 0 fully saturated rings. The van der Waals surface area contributed by atoms with Gasteiger partial charge >= 0.3 is 0 Å². The van der Waals surface area contributed by atoms with Crippen LogP contribution >= 0.6 is 0 Å². The summed E-state index contributed by atoms with van der Waals surface area (Å²) in [4.78, 5) is 18.7. The molecule has 5 heteroatoms. The number of pyridine rings is 1. The summed E-state index contributed by atoms with van der Waals surface area (Å²) in [5.74, 6) is 0. The molecule has 5 aromatic heterocycles. The first-order chi connectivity index (χ1) is 18.2. The Bertz CT molecular complexity index is 1980. The molecule has 5 nitrogen and oxygen atoms in total. The van der Waals surface area contributed by atoms with Crippen LogP contribution in [0.5, 0.6) is 0 Å². The summed E-state index contributed by atoms with van der Waals surface area (Å²) >= 11 is 0. The molecule has 0 spiro atoms. The molecule has 0 saturated carbocycles. The van der Waals surface area contributed by atoms with Crippen LogP contribution in [0.1, 0.15) is 39.5 Å². The molecule has 0 radical (unpaired) electrons. The molecule has 37 heavy (non-hydrogen) atoms. The fourth-order valence-electron chi connectivity index (χ4n) is 5.05. The number of rotatable bonds is 2. The summed E-state index contributed by atoms with van der Waals surface area (Å²) in [6.07, 6.45) is 7.94. The number of aryl methyl sites for hydroxylation is 1. The highest BCUT2D eigenvalue weighted by Gasteiger charge is 2.12. The van der Waals surface area contributed by atoms with Crippen molar-refractivity contribution in [1.29, 1.82) is 0 Å². The van der Waals surface area contributed by atoms with Crippen molar-refractivity contribution < 1.29 is 0 Å². The van der Waals surface area contributed by atoms with Crippen molar-refractivity contribution in [1.82, 2.24) is 24.9 Å². The van der Waals surface area contributed by atoms with Gasteiger partial charge in [-0.05, 0) is 90.9 Å². The number of benzene rings is 1. The average Bonchev–Trinajstić information content (AvgIpc) is 3.72. The maximum absolute atomic E-state index is 4.21. The molecule has 0 saturated heterocycles. The molecule has 1 aromatic carbocycles. The Morgan fingerprint density at radius 3 is 1.54 bits per heavy atom. The SMILES string of the molecule is Cc1ccc(C2=c3ccc([nH]3)=Cc3ccc([nH]3)C(c3ccncc3)=c3ccc([nH]3)=Cc3ccc2[nH]3)cc1. The number of nitrogens with zero attached hydrogens (tertiary/aromatic N) is 1. The minimum atomic E-state index is 1.03. The molecule has 0 unspecified atom stereocenters. The van der Waals surface area contributed by atoms with Gasteiger partial charge < -0.3 is 19.9 Å². The molecule has 0 amide bonds. The van der Waals surface area contributed by atoms with Gasteiger partial charge in [0.25, 0.3) is 0 Å². The Balaban J connectivity index is 1.52. The Hall–Kier alpha value is -5.03. The van der Waals surface area contributed by atoms with E-state index >= 15 is 0 Å². The Kier molecular flexibility index (Phi) is 4.93. The fourth-order valence-corrected chi connectivity index (χ4v) is 5.05. The second-order valence-electron chi connectivity index (χ2n) is 9.45. The van der Waals surface area contributed by atoms with Crippen molar-refractivity contribution in [3.8, 4) is 0 Å². The molecule has 6 aromatic rings. The predicted octanol–water partition coefficient (Wildman–Crippen LogP) is 3.17. The zero-order valence-corrected chi connectivity index (χ0v) is 20.3. The van der Waals surface area contributed by atoms with Gasteiger partial charge in [-0.15, -0.1) is 0 Å². The van der Waals surface area contributed by atoms with Gasteiger partial charge in [0.2, 0.25) is 0 Å². The average molecular weight is 480 g/mol. The van der Waals surface area contributed by atoms with Crippen molar-refractivity contribution >= 4 is 23.3 Å². The lowest BCUT2D eigenvalue weighted by Gasteiger charge is -2.06. The number of aromatic nitrogens is 5. The maximum atomic E-state index is 4.21. The molecular weight excluding hydrogens is 454 g/mol. The van der Waals surface area contributed by atoms with Gasteiger partial charge in [-0.25, -0.2) is 0 Å². The first-order valence-electron chi connectivity index (χ1n) is 12.4. The molecule has 178 valence electrons. The summed E-state index contributed by atoms with van der Waals surface area (Å²) in [6, 6.07) is 29.8. The highest BCUT2D eigenvalue weighted by Crippen LogP contribution is 2.22. The van der Waals surface area contributed by atoms with Gasteiger partial charge in [-0.2, -0.15) is 0 Å². The number of H-pyrrole nitrogens is 4. The Morgan fingerprint density at radius 1 is 0.486 bits per heavy atom. The number of nitrogens with one attached hydrogen (secondary N) is 4. The summed E-state index contributed by atoms with van der Waals surface area (Å²) < 4.78 is 0. The van der Waals surface area contributed by atoms with E-state index in [4.69, 9.17) is 0 Å². The van der Waals surface area contributed by atoms with Gasteiger partial charge in [-0.3, -0.25) is 4.98 Å². The van der Waals surface area contributed by atoms with Crippen molar-refractivity contribution in [2.45, 2.75) is 6.92 Å². The maximum Gasteiger partial charge on any atom is 0.0485 e. The van der Waals surface area contributed by atoms with E-state index in [1.54, 1.807) is 0 Å². The molecule has 7 rings (SSSR count). The van der Waals surface area contributed by atoms with Crippen LogP contribution in [0, 0.1) is 6.92 Å². The van der Waals surface area contributed by atoms with E-state index in [0.29, 0.717) is 0 Å². The minimum Gasteiger partial charge on any atom is -0.355 e. The van der Waals surface area contributed by atoms with Crippen LogP contribution in [0.4, 0.5) is 0 Å². The molecule has 6 heterocycles. The van der Waals surface area contributed by atoms with E-state index in [-0.39, 0.29) is 0 Å². The summed E-state index contributed by atoms with van der Waals surface area (Å²) in [7, 11) is 0. The van der Waals surface area contributed by atoms with Crippen molar-refractivity contribution in [2.75, 3.05) is 0 Å². The van der Waals surface area contributed by atoms with Crippen LogP contribution in [0.25, 0.3) is 23.3 Å². The second-order valence-corrected chi connectivity index (χ2v) is 9.45. The third kappa shape index (κ3) is 3.96. The molecule has 4 N–H and O–H groups in total.